The van der Waals surface area contributed by atoms with Gasteiger partial charge in [-0.1, -0.05) is 24.3 Å². The van der Waals surface area contributed by atoms with Crippen molar-refractivity contribution in [2.45, 2.75) is 69.3 Å². The average molecular weight is 664 g/mol. The van der Waals surface area contributed by atoms with Crippen LogP contribution in [0, 0.1) is 0 Å². The van der Waals surface area contributed by atoms with Gasteiger partial charge in [-0.15, -0.1) is 0 Å². The number of nitrogens with zero attached hydrogens (tertiary/aromatic N) is 7. The second kappa shape index (κ2) is 12.5. The highest BCUT2D eigenvalue weighted by Crippen LogP contribution is 2.37. The largest absolute Gasteiger partial charge is 0.385 e. The van der Waals surface area contributed by atoms with Crippen LogP contribution >= 0.6 is 0 Å². The Morgan fingerprint density at radius 3 is 2.51 bits per heavy atom. The van der Waals surface area contributed by atoms with Gasteiger partial charge in [-0.25, -0.2) is 9.97 Å². The minimum Gasteiger partial charge on any atom is -0.385 e. The molecule has 13 nitrogen and oxygen atoms in total. The molecule has 0 bridgehead atoms. The molecule has 0 radical (unpaired) electrons. The number of hydrogen-bond acceptors (Lipinski definition) is 10. The highest BCUT2D eigenvalue weighted by Gasteiger charge is 2.41. The Hall–Kier alpha value is -4.88. The van der Waals surface area contributed by atoms with Gasteiger partial charge in [0.25, 0.3) is 5.91 Å². The zero-order valence-electron chi connectivity index (χ0n) is 27.6. The summed E-state index contributed by atoms with van der Waals surface area (Å²) in [7, 11) is 1.89. The lowest BCUT2D eigenvalue weighted by molar-refractivity contribution is -0.136. The molecule has 4 aliphatic rings. The van der Waals surface area contributed by atoms with Crippen LogP contribution in [-0.2, 0) is 35.3 Å². The van der Waals surface area contributed by atoms with Crippen molar-refractivity contribution in [3.8, 4) is 0 Å². The van der Waals surface area contributed by atoms with Crippen LogP contribution in [-0.4, -0.2) is 90.6 Å². The minimum absolute atomic E-state index is 0.199. The summed E-state index contributed by atoms with van der Waals surface area (Å²) in [4.78, 5) is 52.6. The van der Waals surface area contributed by atoms with Crippen LogP contribution < -0.4 is 15.5 Å². The van der Waals surface area contributed by atoms with E-state index in [1.165, 1.54) is 11.3 Å². The van der Waals surface area contributed by atoms with E-state index in [0.29, 0.717) is 43.4 Å². The molecule has 8 rings (SSSR count). The van der Waals surface area contributed by atoms with E-state index in [-0.39, 0.29) is 18.2 Å². The van der Waals surface area contributed by atoms with Crippen LogP contribution in [0.4, 0.5) is 11.6 Å². The number of aliphatic hydroxyl groups is 1. The summed E-state index contributed by atoms with van der Waals surface area (Å²) < 4.78 is 1.78. The van der Waals surface area contributed by atoms with Crippen molar-refractivity contribution >= 4 is 40.4 Å². The molecule has 254 valence electrons. The molecule has 4 aromatic rings. The van der Waals surface area contributed by atoms with E-state index in [4.69, 9.17) is 0 Å². The minimum atomic E-state index is -0.973. The van der Waals surface area contributed by atoms with E-state index in [1.807, 2.05) is 25.4 Å². The summed E-state index contributed by atoms with van der Waals surface area (Å²) in [5.74, 6) is -0.262. The Kier molecular flexibility index (Phi) is 8.03. The van der Waals surface area contributed by atoms with Gasteiger partial charge in [-0.3, -0.25) is 29.3 Å². The number of aromatic nitrogens is 4. The maximum absolute atomic E-state index is 13.1. The van der Waals surface area contributed by atoms with Crippen molar-refractivity contribution in [3.63, 3.8) is 0 Å². The van der Waals surface area contributed by atoms with Gasteiger partial charge < -0.3 is 20.2 Å². The molecule has 49 heavy (non-hydrogen) atoms. The molecule has 2 aromatic heterocycles. The van der Waals surface area contributed by atoms with Crippen LogP contribution in [0.5, 0.6) is 0 Å². The van der Waals surface area contributed by atoms with Crippen LogP contribution in [0.1, 0.15) is 65.6 Å². The summed E-state index contributed by atoms with van der Waals surface area (Å²) in [6.45, 7) is 4.57. The van der Waals surface area contributed by atoms with E-state index in [9.17, 15) is 19.5 Å². The Balaban J connectivity index is 0.823. The number of anilines is 2. The highest BCUT2D eigenvalue weighted by molar-refractivity contribution is 6.05. The maximum Gasteiger partial charge on any atom is 0.255 e. The van der Waals surface area contributed by atoms with Crippen LogP contribution in [0.2, 0.25) is 0 Å². The molecule has 1 unspecified atom stereocenters. The van der Waals surface area contributed by atoms with Gasteiger partial charge in [0.05, 0.1) is 18.0 Å². The van der Waals surface area contributed by atoms with Gasteiger partial charge in [0.2, 0.25) is 17.8 Å². The van der Waals surface area contributed by atoms with E-state index < -0.39 is 17.6 Å². The van der Waals surface area contributed by atoms with Gasteiger partial charge in [-0.2, -0.15) is 5.10 Å². The molecule has 4 aliphatic heterocycles. The predicted molar refractivity (Wildman–Crippen MR) is 182 cm³/mol. The number of piperidine rings is 3. The normalized spacial score (nSPS) is 21.7. The SMILES string of the molecule is Cn1ncc2nc(NC3CCN(c4ccc(CN5CCC(O)(c6ccc7c(c6)CN(C6CCC(=O)NC6=O)C7=O)CC5)cc4)CC3)ncc21. The summed E-state index contributed by atoms with van der Waals surface area (Å²) in [5, 5.41) is 21.8. The first kappa shape index (κ1) is 31.4. The second-order valence-electron chi connectivity index (χ2n) is 13.9. The van der Waals surface area contributed by atoms with Crippen molar-refractivity contribution in [2.75, 3.05) is 36.4 Å². The van der Waals surface area contributed by atoms with E-state index in [1.54, 1.807) is 21.8 Å². The maximum atomic E-state index is 13.1. The van der Waals surface area contributed by atoms with Gasteiger partial charge >= 0.3 is 0 Å². The van der Waals surface area contributed by atoms with Crippen LogP contribution in [0.3, 0.4) is 0 Å². The molecule has 3 amide bonds. The number of amides is 3. The summed E-state index contributed by atoms with van der Waals surface area (Å²) >= 11 is 0. The smallest absolute Gasteiger partial charge is 0.255 e. The molecule has 0 spiro atoms. The number of carbonyl (C=O) groups is 3. The van der Waals surface area contributed by atoms with E-state index >= 15 is 0 Å². The summed E-state index contributed by atoms with van der Waals surface area (Å²) in [6, 6.07) is 14.1. The Morgan fingerprint density at radius 1 is 0.980 bits per heavy atom. The van der Waals surface area contributed by atoms with Crippen molar-refractivity contribution in [2.24, 2.45) is 7.05 Å². The van der Waals surface area contributed by atoms with E-state index in [0.717, 1.165) is 67.7 Å². The molecule has 0 aliphatic carbocycles. The fourth-order valence-corrected chi connectivity index (χ4v) is 7.77. The molecule has 3 saturated heterocycles. The molecule has 0 saturated carbocycles. The van der Waals surface area contributed by atoms with Crippen LogP contribution in [0.15, 0.2) is 54.9 Å². The molecule has 13 heteroatoms. The first-order valence-electron chi connectivity index (χ1n) is 17.2. The zero-order valence-corrected chi connectivity index (χ0v) is 27.6. The lowest BCUT2D eigenvalue weighted by atomic mass is 9.83. The lowest BCUT2D eigenvalue weighted by Gasteiger charge is -2.39. The number of rotatable bonds is 7. The van der Waals surface area contributed by atoms with Gasteiger partial charge in [0, 0.05) is 70.0 Å². The molecule has 1 atom stereocenters. The molecule has 3 N–H and O–H groups in total. The topological polar surface area (TPSA) is 149 Å². The fourth-order valence-electron chi connectivity index (χ4n) is 7.77. The molecule has 3 fully saturated rings. The van der Waals surface area contributed by atoms with Crippen molar-refractivity contribution < 1.29 is 19.5 Å². The molecule has 2 aromatic carbocycles. The second-order valence-corrected chi connectivity index (χ2v) is 13.9. The number of carbonyl (C=O) groups excluding carboxylic acids is 3. The van der Waals surface area contributed by atoms with Crippen molar-refractivity contribution in [1.82, 2.24) is 34.9 Å². The average Bonchev–Trinajstić information content (AvgIpc) is 3.64. The van der Waals surface area contributed by atoms with Gasteiger partial charge in [0.15, 0.2) is 0 Å². The third kappa shape index (κ3) is 6.12. The number of benzene rings is 2. The molecule has 6 heterocycles. The number of fused-ring (bicyclic) bond motifs is 2. The third-order valence-electron chi connectivity index (χ3n) is 10.8. The number of aryl methyl sites for hydroxylation is 1. The monoisotopic (exact) mass is 663 g/mol. The van der Waals surface area contributed by atoms with Crippen LogP contribution in [0.25, 0.3) is 11.0 Å². The quantitative estimate of drug-likeness (QED) is 0.252. The number of likely N-dealkylation sites (tertiary alicyclic amines) is 1. The highest BCUT2D eigenvalue weighted by atomic mass is 16.3. The van der Waals surface area contributed by atoms with Crippen molar-refractivity contribution in [1.29, 1.82) is 0 Å². The van der Waals surface area contributed by atoms with Gasteiger partial charge in [0.1, 0.15) is 17.1 Å². The third-order valence-corrected chi connectivity index (χ3v) is 10.8. The Morgan fingerprint density at radius 2 is 1.76 bits per heavy atom. The summed E-state index contributed by atoms with van der Waals surface area (Å²) in [6.07, 6.45) is 7.34. The van der Waals surface area contributed by atoms with Crippen molar-refractivity contribution in [3.05, 3.63) is 77.1 Å². The van der Waals surface area contributed by atoms with Gasteiger partial charge in [-0.05, 0) is 67.0 Å². The molecular weight excluding hydrogens is 622 g/mol. The zero-order chi connectivity index (χ0) is 33.7. The fraction of sp³-hybridized carbons (Fsp3) is 0.444. The molecular formula is C36H41N9O4. The Bertz CT molecular complexity index is 1910. The number of hydrogen-bond donors (Lipinski definition) is 3. The summed E-state index contributed by atoms with van der Waals surface area (Å²) in [5.41, 5.74) is 5.47. The number of imide groups is 1. The Labute approximate surface area is 284 Å². The number of nitrogens with one attached hydrogen (secondary N) is 2. The standard InChI is InChI=1S/C36H41N9O4/c1-42-31-20-37-35(40-29(31)19-38-42)39-26-10-14-44(15-11-26)27-5-2-23(3-6-27)21-43-16-12-36(49,13-17-43)25-4-7-28-24(18-25)22-45(34(28)48)30-8-9-32(46)41-33(30)47/h2-7,18-20,26,30,49H,8-17,21-22H2,1H3,(H,37,39,40)(H,41,46,47). The first-order chi connectivity index (χ1) is 23.7. The first-order valence-corrected chi connectivity index (χ1v) is 17.2. The van der Waals surface area contributed by atoms with E-state index in [2.05, 4.69) is 59.8 Å². The lowest BCUT2D eigenvalue weighted by Crippen LogP contribution is -2.52. The predicted octanol–water partition coefficient (Wildman–Crippen LogP) is 2.69.